The Morgan fingerprint density at radius 2 is 2.11 bits per heavy atom. The van der Waals surface area contributed by atoms with E-state index in [0.717, 1.165) is 5.25 Å². The second kappa shape index (κ2) is 2.53. The molecule has 1 aliphatic heterocycles. The van der Waals surface area contributed by atoms with Gasteiger partial charge in [-0.15, -0.1) is 0 Å². The summed E-state index contributed by atoms with van der Waals surface area (Å²) < 4.78 is 0.567. The number of thioether (sulfide) groups is 1. The Morgan fingerprint density at radius 1 is 1.44 bits per heavy atom. The van der Waals surface area contributed by atoms with Gasteiger partial charge in [0.2, 0.25) is 0 Å². The van der Waals surface area contributed by atoms with Crippen LogP contribution in [0.1, 0.15) is 40.0 Å². The minimum Gasteiger partial charge on any atom is -0.153 e. The predicted molar refractivity (Wildman–Crippen MR) is 45.0 cm³/mol. The molecule has 9 heavy (non-hydrogen) atoms. The van der Waals surface area contributed by atoms with Crippen molar-refractivity contribution in [1.82, 2.24) is 0 Å². The van der Waals surface area contributed by atoms with Gasteiger partial charge in [0.1, 0.15) is 0 Å². The molecule has 0 radical (unpaired) electrons. The summed E-state index contributed by atoms with van der Waals surface area (Å²) in [7, 11) is 0. The average Bonchev–Trinajstić information content (AvgIpc) is 1.60. The number of hydrogen-bond acceptors (Lipinski definition) is 1. The minimum atomic E-state index is 0.567. The summed E-state index contributed by atoms with van der Waals surface area (Å²) in [5.41, 5.74) is 0. The fourth-order valence-electron chi connectivity index (χ4n) is 1.48. The van der Waals surface area contributed by atoms with Crippen LogP contribution in [-0.4, -0.2) is 10.00 Å². The maximum absolute atomic E-state index is 2.35. The van der Waals surface area contributed by atoms with Crippen LogP contribution in [0.25, 0.3) is 0 Å². The lowest BCUT2D eigenvalue weighted by atomic mass is 10.0. The third kappa shape index (κ3) is 2.21. The van der Waals surface area contributed by atoms with Crippen molar-refractivity contribution in [2.45, 2.75) is 50.0 Å². The van der Waals surface area contributed by atoms with Crippen molar-refractivity contribution in [1.29, 1.82) is 0 Å². The van der Waals surface area contributed by atoms with Gasteiger partial charge in [-0.25, -0.2) is 0 Å². The van der Waals surface area contributed by atoms with E-state index in [0.29, 0.717) is 4.75 Å². The zero-order valence-corrected chi connectivity index (χ0v) is 7.42. The van der Waals surface area contributed by atoms with Crippen LogP contribution in [0.5, 0.6) is 0 Å². The second-order valence-corrected chi connectivity index (χ2v) is 5.73. The molecule has 1 rings (SSSR count). The molecular formula is C8H16S. The molecule has 1 aliphatic rings. The zero-order valence-electron chi connectivity index (χ0n) is 6.61. The Kier molecular flexibility index (Phi) is 2.10. The summed E-state index contributed by atoms with van der Waals surface area (Å²) in [6.45, 7) is 7.05. The molecule has 0 aliphatic carbocycles. The SMILES string of the molecule is CC1CCCC(C)(C)S1. The van der Waals surface area contributed by atoms with E-state index < -0.39 is 0 Å². The van der Waals surface area contributed by atoms with Crippen LogP contribution in [0.15, 0.2) is 0 Å². The first kappa shape index (κ1) is 7.46. The Labute approximate surface area is 62.4 Å². The largest absolute Gasteiger partial charge is 0.153 e. The summed E-state index contributed by atoms with van der Waals surface area (Å²) >= 11 is 2.14. The van der Waals surface area contributed by atoms with Gasteiger partial charge in [0.15, 0.2) is 0 Å². The van der Waals surface area contributed by atoms with Crippen LogP contribution in [0.2, 0.25) is 0 Å². The summed E-state index contributed by atoms with van der Waals surface area (Å²) in [5, 5.41) is 0.897. The number of hydrogen-bond donors (Lipinski definition) is 0. The van der Waals surface area contributed by atoms with Gasteiger partial charge in [0, 0.05) is 10.00 Å². The average molecular weight is 144 g/mol. The lowest BCUT2D eigenvalue weighted by Crippen LogP contribution is -2.23. The van der Waals surface area contributed by atoms with Crippen molar-refractivity contribution < 1.29 is 0 Å². The molecule has 0 aromatic rings. The molecule has 0 amide bonds. The minimum absolute atomic E-state index is 0.567. The Morgan fingerprint density at radius 3 is 2.44 bits per heavy atom. The van der Waals surface area contributed by atoms with E-state index in [2.05, 4.69) is 32.5 Å². The Balaban J connectivity index is 2.41. The first-order valence-electron chi connectivity index (χ1n) is 3.78. The molecule has 0 saturated carbocycles. The summed E-state index contributed by atoms with van der Waals surface area (Å²) in [6, 6.07) is 0. The van der Waals surface area contributed by atoms with Crippen LogP contribution in [-0.2, 0) is 0 Å². The smallest absolute Gasteiger partial charge is 0.0106 e. The van der Waals surface area contributed by atoms with Crippen LogP contribution < -0.4 is 0 Å². The van der Waals surface area contributed by atoms with Crippen LogP contribution in [0.4, 0.5) is 0 Å². The van der Waals surface area contributed by atoms with Crippen molar-refractivity contribution in [3.05, 3.63) is 0 Å². The lowest BCUT2D eigenvalue weighted by Gasteiger charge is -2.32. The molecule has 0 bridgehead atoms. The van der Waals surface area contributed by atoms with Crippen molar-refractivity contribution >= 4 is 11.8 Å². The quantitative estimate of drug-likeness (QED) is 0.503. The molecule has 1 fully saturated rings. The second-order valence-electron chi connectivity index (χ2n) is 3.58. The van der Waals surface area contributed by atoms with Gasteiger partial charge in [0.05, 0.1) is 0 Å². The predicted octanol–water partition coefficient (Wildman–Crippen LogP) is 3.07. The van der Waals surface area contributed by atoms with E-state index in [4.69, 9.17) is 0 Å². The normalized spacial score (nSPS) is 34.3. The highest BCUT2D eigenvalue weighted by molar-refractivity contribution is 8.01. The van der Waals surface area contributed by atoms with Crippen molar-refractivity contribution in [3.63, 3.8) is 0 Å². The Hall–Kier alpha value is 0.350. The van der Waals surface area contributed by atoms with Crippen LogP contribution in [0.3, 0.4) is 0 Å². The van der Waals surface area contributed by atoms with E-state index in [-0.39, 0.29) is 0 Å². The lowest BCUT2D eigenvalue weighted by molar-refractivity contribution is 0.545. The highest BCUT2D eigenvalue weighted by atomic mass is 32.2. The fraction of sp³-hybridized carbons (Fsp3) is 1.00. The molecule has 1 unspecified atom stereocenters. The molecule has 0 N–H and O–H groups in total. The monoisotopic (exact) mass is 144 g/mol. The van der Waals surface area contributed by atoms with E-state index in [1.807, 2.05) is 0 Å². The van der Waals surface area contributed by atoms with E-state index in [1.54, 1.807) is 0 Å². The zero-order chi connectivity index (χ0) is 6.91. The summed E-state index contributed by atoms with van der Waals surface area (Å²) in [5.74, 6) is 0. The highest BCUT2D eigenvalue weighted by Gasteiger charge is 2.25. The molecule has 1 heterocycles. The third-order valence-corrected chi connectivity index (χ3v) is 3.39. The molecule has 1 atom stereocenters. The van der Waals surface area contributed by atoms with Crippen molar-refractivity contribution in [3.8, 4) is 0 Å². The van der Waals surface area contributed by atoms with E-state index >= 15 is 0 Å². The van der Waals surface area contributed by atoms with Gasteiger partial charge in [0.25, 0.3) is 0 Å². The molecular weight excluding hydrogens is 128 g/mol. The van der Waals surface area contributed by atoms with Crippen molar-refractivity contribution in [2.24, 2.45) is 0 Å². The molecule has 1 heteroatoms. The van der Waals surface area contributed by atoms with E-state index in [1.165, 1.54) is 19.3 Å². The van der Waals surface area contributed by atoms with Gasteiger partial charge in [-0.3, -0.25) is 0 Å². The molecule has 0 nitrogen and oxygen atoms in total. The molecule has 0 aromatic heterocycles. The maximum atomic E-state index is 2.35. The van der Waals surface area contributed by atoms with Gasteiger partial charge in [-0.2, -0.15) is 11.8 Å². The van der Waals surface area contributed by atoms with Gasteiger partial charge in [-0.05, 0) is 12.8 Å². The summed E-state index contributed by atoms with van der Waals surface area (Å²) in [4.78, 5) is 0. The molecule has 0 aromatic carbocycles. The van der Waals surface area contributed by atoms with Crippen molar-refractivity contribution in [2.75, 3.05) is 0 Å². The number of rotatable bonds is 0. The van der Waals surface area contributed by atoms with E-state index in [9.17, 15) is 0 Å². The molecule has 0 spiro atoms. The maximum Gasteiger partial charge on any atom is 0.0106 e. The van der Waals surface area contributed by atoms with Crippen LogP contribution in [0, 0.1) is 0 Å². The fourth-order valence-corrected chi connectivity index (χ4v) is 3.11. The standard InChI is InChI=1S/C8H16S/c1-7-5-4-6-8(2,3)9-7/h7H,4-6H2,1-3H3. The summed E-state index contributed by atoms with van der Waals surface area (Å²) in [6.07, 6.45) is 4.26. The van der Waals surface area contributed by atoms with Gasteiger partial charge < -0.3 is 0 Å². The van der Waals surface area contributed by atoms with Gasteiger partial charge in [-0.1, -0.05) is 27.2 Å². The first-order valence-corrected chi connectivity index (χ1v) is 4.66. The molecule has 1 saturated heterocycles. The van der Waals surface area contributed by atoms with Gasteiger partial charge >= 0.3 is 0 Å². The Bertz CT molecular complexity index is 96.7. The third-order valence-electron chi connectivity index (χ3n) is 1.91. The highest BCUT2D eigenvalue weighted by Crippen LogP contribution is 2.39. The molecule has 54 valence electrons. The first-order chi connectivity index (χ1) is 4.10. The van der Waals surface area contributed by atoms with Crippen LogP contribution >= 0.6 is 11.8 Å². The topological polar surface area (TPSA) is 0 Å².